The first-order chi connectivity index (χ1) is 10.7. The molecule has 0 spiro atoms. The highest BCUT2D eigenvalue weighted by Crippen LogP contribution is 2.31. The number of hydrogen-bond donors (Lipinski definition) is 2. The number of carbonyl (C=O) groups excluding carboxylic acids is 1. The Morgan fingerprint density at radius 2 is 2.32 bits per heavy atom. The first kappa shape index (κ1) is 13.4. The van der Waals surface area contributed by atoms with Gasteiger partial charge >= 0.3 is 0 Å². The third kappa shape index (κ3) is 2.18. The number of furan rings is 1. The summed E-state index contributed by atoms with van der Waals surface area (Å²) in [5.41, 5.74) is 2.25. The molecule has 1 saturated carbocycles. The minimum absolute atomic E-state index is 0.0159. The fourth-order valence-corrected chi connectivity index (χ4v) is 3.67. The van der Waals surface area contributed by atoms with E-state index in [0.29, 0.717) is 11.6 Å². The van der Waals surface area contributed by atoms with E-state index in [1.54, 1.807) is 13.2 Å². The quantitative estimate of drug-likeness (QED) is 0.836. The molecule has 1 aromatic carbocycles. The van der Waals surface area contributed by atoms with Gasteiger partial charge in [0, 0.05) is 23.0 Å². The lowest BCUT2D eigenvalue weighted by Gasteiger charge is -2.24. The standard InChI is InChI=1S/C18H18N2O2/c1-2-3-13-10-22-17-5-4-12(8-14(13)17)18(21)20-16-7-11-6-15(16)19-9-11/h4-5,8,10-11,15-16,19H,6-7,9H2,1H3,(H,20,21). The van der Waals surface area contributed by atoms with Crippen molar-refractivity contribution in [3.8, 4) is 11.8 Å². The summed E-state index contributed by atoms with van der Waals surface area (Å²) in [6.07, 6.45) is 3.91. The van der Waals surface area contributed by atoms with Crippen LogP contribution in [0.3, 0.4) is 0 Å². The molecule has 3 unspecified atom stereocenters. The molecule has 1 aromatic heterocycles. The van der Waals surface area contributed by atoms with Crippen molar-refractivity contribution >= 4 is 16.9 Å². The Balaban J connectivity index is 1.58. The van der Waals surface area contributed by atoms with Crippen molar-refractivity contribution in [3.05, 3.63) is 35.6 Å². The van der Waals surface area contributed by atoms with E-state index in [0.717, 1.165) is 35.4 Å². The summed E-state index contributed by atoms with van der Waals surface area (Å²) < 4.78 is 5.47. The van der Waals surface area contributed by atoms with Crippen molar-refractivity contribution in [2.75, 3.05) is 6.54 Å². The minimum Gasteiger partial charge on any atom is -0.463 e. The molecule has 4 heteroatoms. The molecule has 1 saturated heterocycles. The molecule has 4 nitrogen and oxygen atoms in total. The Bertz CT molecular complexity index is 796. The highest BCUT2D eigenvalue weighted by atomic mass is 16.3. The zero-order chi connectivity index (χ0) is 15.1. The van der Waals surface area contributed by atoms with E-state index in [-0.39, 0.29) is 11.9 Å². The summed E-state index contributed by atoms with van der Waals surface area (Å²) in [6.45, 7) is 2.88. The van der Waals surface area contributed by atoms with Gasteiger partial charge in [-0.2, -0.15) is 0 Å². The zero-order valence-corrected chi connectivity index (χ0v) is 12.5. The average molecular weight is 294 g/mol. The van der Waals surface area contributed by atoms with Gasteiger partial charge < -0.3 is 15.1 Å². The van der Waals surface area contributed by atoms with Crippen LogP contribution in [-0.2, 0) is 0 Å². The molecule has 112 valence electrons. The number of hydrogen-bond acceptors (Lipinski definition) is 3. The molecule has 22 heavy (non-hydrogen) atoms. The lowest BCUT2D eigenvalue weighted by Crippen LogP contribution is -2.47. The van der Waals surface area contributed by atoms with Gasteiger partial charge in [-0.3, -0.25) is 4.79 Å². The average Bonchev–Trinajstić information content (AvgIpc) is 3.23. The summed E-state index contributed by atoms with van der Waals surface area (Å²) in [7, 11) is 0. The van der Waals surface area contributed by atoms with Crippen LogP contribution in [-0.4, -0.2) is 24.5 Å². The highest BCUT2D eigenvalue weighted by Gasteiger charge is 2.40. The topological polar surface area (TPSA) is 54.3 Å². The van der Waals surface area contributed by atoms with Crippen molar-refractivity contribution in [2.45, 2.75) is 31.8 Å². The molecular formula is C18H18N2O2. The molecule has 1 aliphatic heterocycles. The monoisotopic (exact) mass is 294 g/mol. The molecule has 2 aromatic rings. The molecule has 4 rings (SSSR count). The molecule has 3 atom stereocenters. The Hall–Kier alpha value is -2.25. The van der Waals surface area contributed by atoms with Crippen molar-refractivity contribution < 1.29 is 9.21 Å². The molecule has 2 N–H and O–H groups in total. The summed E-state index contributed by atoms with van der Waals surface area (Å²) in [4.78, 5) is 12.5. The van der Waals surface area contributed by atoms with Crippen molar-refractivity contribution in [1.82, 2.24) is 10.6 Å². The number of amides is 1. The number of carbonyl (C=O) groups is 1. The van der Waals surface area contributed by atoms with Crippen molar-refractivity contribution in [2.24, 2.45) is 5.92 Å². The molecule has 2 heterocycles. The van der Waals surface area contributed by atoms with E-state index >= 15 is 0 Å². The van der Waals surface area contributed by atoms with Gasteiger partial charge in [0.1, 0.15) is 11.8 Å². The second-order valence-corrected chi connectivity index (χ2v) is 6.17. The number of nitrogens with one attached hydrogen (secondary N) is 2. The molecular weight excluding hydrogens is 276 g/mol. The second-order valence-electron chi connectivity index (χ2n) is 6.17. The Kier molecular flexibility index (Phi) is 3.16. The Morgan fingerprint density at radius 3 is 3.05 bits per heavy atom. The summed E-state index contributed by atoms with van der Waals surface area (Å²) >= 11 is 0. The SMILES string of the molecule is CC#Cc1coc2ccc(C(=O)NC3CC4CNC3C4)cc12. The van der Waals surface area contributed by atoms with Crippen molar-refractivity contribution in [3.63, 3.8) is 0 Å². The van der Waals surface area contributed by atoms with Gasteiger partial charge in [0.15, 0.2) is 0 Å². The van der Waals surface area contributed by atoms with Crippen LogP contribution >= 0.6 is 0 Å². The molecule has 1 aliphatic carbocycles. The summed E-state index contributed by atoms with van der Waals surface area (Å²) in [6, 6.07) is 6.21. The van der Waals surface area contributed by atoms with Crippen LogP contribution in [0.5, 0.6) is 0 Å². The fraction of sp³-hybridized carbons (Fsp3) is 0.389. The van der Waals surface area contributed by atoms with Crippen LogP contribution in [0, 0.1) is 17.8 Å². The predicted molar refractivity (Wildman–Crippen MR) is 84.5 cm³/mol. The maximum atomic E-state index is 12.5. The van der Waals surface area contributed by atoms with Gasteiger partial charge in [0.25, 0.3) is 5.91 Å². The second kappa shape index (κ2) is 5.19. The van der Waals surface area contributed by atoms with Gasteiger partial charge in [-0.1, -0.05) is 5.92 Å². The van der Waals surface area contributed by atoms with E-state index in [4.69, 9.17) is 4.42 Å². The van der Waals surface area contributed by atoms with Crippen LogP contribution < -0.4 is 10.6 Å². The van der Waals surface area contributed by atoms with Crippen molar-refractivity contribution in [1.29, 1.82) is 0 Å². The van der Waals surface area contributed by atoms with Gasteiger partial charge in [-0.05, 0) is 50.4 Å². The van der Waals surface area contributed by atoms with Gasteiger partial charge in [0.2, 0.25) is 0 Å². The first-order valence-electron chi connectivity index (χ1n) is 7.73. The number of rotatable bonds is 2. The lowest BCUT2D eigenvalue weighted by molar-refractivity contribution is 0.0928. The smallest absolute Gasteiger partial charge is 0.251 e. The number of benzene rings is 1. The van der Waals surface area contributed by atoms with Crippen LogP contribution in [0.4, 0.5) is 0 Å². The number of piperidine rings is 1. The first-order valence-corrected chi connectivity index (χ1v) is 7.73. The third-order valence-electron chi connectivity index (χ3n) is 4.74. The van der Waals surface area contributed by atoms with Gasteiger partial charge in [-0.25, -0.2) is 0 Å². The largest absolute Gasteiger partial charge is 0.463 e. The van der Waals surface area contributed by atoms with E-state index in [9.17, 15) is 4.79 Å². The van der Waals surface area contributed by atoms with Crippen LogP contribution in [0.2, 0.25) is 0 Å². The zero-order valence-electron chi connectivity index (χ0n) is 12.5. The third-order valence-corrected chi connectivity index (χ3v) is 4.74. The summed E-state index contributed by atoms with van der Waals surface area (Å²) in [5.74, 6) is 6.58. The Labute approximate surface area is 129 Å². The maximum absolute atomic E-state index is 12.5. The van der Waals surface area contributed by atoms with Crippen LogP contribution in [0.1, 0.15) is 35.7 Å². The van der Waals surface area contributed by atoms with Crippen LogP contribution in [0.15, 0.2) is 28.9 Å². The van der Waals surface area contributed by atoms with E-state index in [1.807, 2.05) is 18.2 Å². The van der Waals surface area contributed by atoms with Gasteiger partial charge in [-0.15, -0.1) is 5.92 Å². The fourth-order valence-electron chi connectivity index (χ4n) is 3.67. The van der Waals surface area contributed by atoms with Crippen LogP contribution in [0.25, 0.3) is 11.0 Å². The molecule has 2 aliphatic rings. The number of fused-ring (bicyclic) bond motifs is 3. The van der Waals surface area contributed by atoms with E-state index in [2.05, 4.69) is 22.5 Å². The van der Waals surface area contributed by atoms with Gasteiger partial charge in [0.05, 0.1) is 5.56 Å². The molecule has 0 radical (unpaired) electrons. The normalized spacial score (nSPS) is 26.0. The molecule has 2 bridgehead atoms. The molecule has 1 amide bonds. The minimum atomic E-state index is -0.0159. The Morgan fingerprint density at radius 1 is 1.41 bits per heavy atom. The highest BCUT2D eigenvalue weighted by molar-refractivity contribution is 5.99. The van der Waals surface area contributed by atoms with E-state index < -0.39 is 0 Å². The molecule has 2 fully saturated rings. The summed E-state index contributed by atoms with van der Waals surface area (Å²) in [5, 5.41) is 7.53. The lowest BCUT2D eigenvalue weighted by atomic mass is 10.1. The maximum Gasteiger partial charge on any atom is 0.251 e. The predicted octanol–water partition coefficient (Wildman–Crippen LogP) is 2.28. The van der Waals surface area contributed by atoms with E-state index in [1.165, 1.54) is 6.42 Å².